The van der Waals surface area contributed by atoms with E-state index >= 15 is 0 Å². The summed E-state index contributed by atoms with van der Waals surface area (Å²) in [5.74, 6) is 0.691. The number of rotatable bonds is 5. The Balaban J connectivity index is 2.01. The van der Waals surface area contributed by atoms with Gasteiger partial charge in [-0.1, -0.05) is 0 Å². The van der Waals surface area contributed by atoms with Gasteiger partial charge in [0, 0.05) is 17.6 Å². The molecular formula is C16H16N4O4S. The lowest BCUT2D eigenvalue weighted by Crippen LogP contribution is -2.14. The van der Waals surface area contributed by atoms with Crippen molar-refractivity contribution in [1.82, 2.24) is 9.97 Å². The van der Waals surface area contributed by atoms with Crippen LogP contribution in [0.5, 0.6) is 17.2 Å². The topological polar surface area (TPSA) is 109 Å². The van der Waals surface area contributed by atoms with Gasteiger partial charge in [-0.15, -0.1) is 11.3 Å². The van der Waals surface area contributed by atoms with Gasteiger partial charge in [0.1, 0.15) is 12.0 Å². The van der Waals surface area contributed by atoms with Crippen molar-refractivity contribution in [2.24, 2.45) is 0 Å². The maximum atomic E-state index is 12.7. The quantitative estimate of drug-likeness (QED) is 0.673. The SMILES string of the molecule is COc1cc(NC(=O)c2csc3cncnc23)c(N)c(OC)c1OC. The molecule has 3 N–H and O–H groups in total. The minimum Gasteiger partial charge on any atom is -0.493 e. The van der Waals surface area contributed by atoms with Crippen molar-refractivity contribution >= 4 is 38.8 Å². The first-order valence-electron chi connectivity index (χ1n) is 7.17. The van der Waals surface area contributed by atoms with Crippen molar-refractivity contribution in [2.75, 3.05) is 32.4 Å². The molecule has 130 valence electrons. The summed E-state index contributed by atoms with van der Waals surface area (Å²) in [6.45, 7) is 0. The highest BCUT2D eigenvalue weighted by Crippen LogP contribution is 2.46. The molecule has 1 aromatic carbocycles. The molecule has 2 aromatic heterocycles. The third-order valence-electron chi connectivity index (χ3n) is 3.60. The van der Waals surface area contributed by atoms with Gasteiger partial charge in [-0.25, -0.2) is 9.97 Å². The third-order valence-corrected chi connectivity index (χ3v) is 4.51. The maximum absolute atomic E-state index is 12.7. The molecule has 0 fully saturated rings. The molecule has 8 nitrogen and oxygen atoms in total. The van der Waals surface area contributed by atoms with E-state index < -0.39 is 0 Å². The van der Waals surface area contributed by atoms with Crippen LogP contribution in [0.1, 0.15) is 10.4 Å². The lowest BCUT2D eigenvalue weighted by atomic mass is 10.2. The summed E-state index contributed by atoms with van der Waals surface area (Å²) in [5.41, 5.74) is 7.73. The second kappa shape index (κ2) is 6.81. The Morgan fingerprint density at radius 1 is 1.20 bits per heavy atom. The number of nitrogens with one attached hydrogen (secondary N) is 1. The Hall–Kier alpha value is -3.07. The van der Waals surface area contributed by atoms with Crippen LogP contribution in [0.4, 0.5) is 11.4 Å². The first-order valence-corrected chi connectivity index (χ1v) is 8.05. The molecule has 0 spiro atoms. The fourth-order valence-electron chi connectivity index (χ4n) is 2.42. The Morgan fingerprint density at radius 2 is 1.96 bits per heavy atom. The molecule has 0 unspecified atom stereocenters. The summed E-state index contributed by atoms with van der Waals surface area (Å²) in [6, 6.07) is 1.58. The van der Waals surface area contributed by atoms with Crippen LogP contribution in [0.25, 0.3) is 10.2 Å². The van der Waals surface area contributed by atoms with Crippen molar-refractivity contribution in [2.45, 2.75) is 0 Å². The van der Waals surface area contributed by atoms with Crippen LogP contribution in [0.2, 0.25) is 0 Å². The largest absolute Gasteiger partial charge is 0.493 e. The fourth-order valence-corrected chi connectivity index (χ4v) is 3.28. The molecule has 3 aromatic rings. The lowest BCUT2D eigenvalue weighted by molar-refractivity contribution is 0.102. The van der Waals surface area contributed by atoms with Gasteiger partial charge in [0.05, 0.1) is 42.8 Å². The van der Waals surface area contributed by atoms with Crippen LogP contribution in [-0.4, -0.2) is 37.2 Å². The highest BCUT2D eigenvalue weighted by molar-refractivity contribution is 7.17. The van der Waals surface area contributed by atoms with Crippen molar-refractivity contribution in [3.63, 3.8) is 0 Å². The normalized spacial score (nSPS) is 10.5. The van der Waals surface area contributed by atoms with E-state index in [2.05, 4.69) is 15.3 Å². The Labute approximate surface area is 147 Å². The molecule has 25 heavy (non-hydrogen) atoms. The zero-order chi connectivity index (χ0) is 18.0. The van der Waals surface area contributed by atoms with Gasteiger partial charge in [0.2, 0.25) is 5.75 Å². The van der Waals surface area contributed by atoms with Crippen LogP contribution in [0.15, 0.2) is 24.0 Å². The molecule has 0 atom stereocenters. The first kappa shape index (κ1) is 16.8. The number of methoxy groups -OCH3 is 3. The summed E-state index contributed by atoms with van der Waals surface area (Å²) in [7, 11) is 4.43. The summed E-state index contributed by atoms with van der Waals surface area (Å²) in [4.78, 5) is 20.8. The molecule has 2 heterocycles. The summed E-state index contributed by atoms with van der Waals surface area (Å²) >= 11 is 1.39. The predicted octanol–water partition coefficient (Wildman–Crippen LogP) is 2.55. The number of thiophene rings is 1. The van der Waals surface area contributed by atoms with E-state index in [9.17, 15) is 4.79 Å². The van der Waals surface area contributed by atoms with E-state index in [1.54, 1.807) is 17.6 Å². The minimum atomic E-state index is -0.342. The van der Waals surface area contributed by atoms with E-state index in [1.807, 2.05) is 0 Å². The Bertz CT molecular complexity index is 941. The number of carbonyl (C=O) groups excluding carboxylic acids is 1. The molecular weight excluding hydrogens is 344 g/mol. The number of ether oxygens (including phenoxy) is 3. The highest BCUT2D eigenvalue weighted by Gasteiger charge is 2.21. The monoisotopic (exact) mass is 360 g/mol. The van der Waals surface area contributed by atoms with E-state index in [1.165, 1.54) is 39.0 Å². The second-order valence-electron chi connectivity index (χ2n) is 4.95. The number of hydrogen-bond donors (Lipinski definition) is 2. The maximum Gasteiger partial charge on any atom is 0.258 e. The molecule has 3 rings (SSSR count). The van der Waals surface area contributed by atoms with Gasteiger partial charge < -0.3 is 25.3 Å². The highest BCUT2D eigenvalue weighted by atomic mass is 32.1. The predicted molar refractivity (Wildman–Crippen MR) is 95.9 cm³/mol. The van der Waals surface area contributed by atoms with Crippen LogP contribution >= 0.6 is 11.3 Å². The number of fused-ring (bicyclic) bond motifs is 1. The minimum absolute atomic E-state index is 0.239. The van der Waals surface area contributed by atoms with Crippen molar-refractivity contribution in [3.05, 3.63) is 29.5 Å². The number of benzene rings is 1. The molecule has 0 saturated heterocycles. The number of amides is 1. The average molecular weight is 360 g/mol. The van der Waals surface area contributed by atoms with Gasteiger partial charge in [-0.3, -0.25) is 4.79 Å². The number of nitrogen functional groups attached to an aromatic ring is 1. The lowest BCUT2D eigenvalue weighted by Gasteiger charge is -2.17. The van der Waals surface area contributed by atoms with E-state index in [4.69, 9.17) is 19.9 Å². The number of anilines is 2. The molecule has 0 radical (unpaired) electrons. The fraction of sp³-hybridized carbons (Fsp3) is 0.188. The van der Waals surface area contributed by atoms with Crippen molar-refractivity contribution < 1.29 is 19.0 Å². The zero-order valence-corrected chi connectivity index (χ0v) is 14.6. The van der Waals surface area contributed by atoms with Gasteiger partial charge in [-0.05, 0) is 0 Å². The van der Waals surface area contributed by atoms with Crippen LogP contribution in [0, 0.1) is 0 Å². The van der Waals surface area contributed by atoms with E-state index in [-0.39, 0.29) is 17.3 Å². The van der Waals surface area contributed by atoms with Crippen LogP contribution in [0.3, 0.4) is 0 Å². The zero-order valence-electron chi connectivity index (χ0n) is 13.8. The smallest absolute Gasteiger partial charge is 0.258 e. The summed E-state index contributed by atoms with van der Waals surface area (Å²) < 4.78 is 16.7. The van der Waals surface area contributed by atoms with Crippen LogP contribution < -0.4 is 25.3 Å². The Morgan fingerprint density at radius 3 is 2.64 bits per heavy atom. The van der Waals surface area contributed by atoms with Gasteiger partial charge >= 0.3 is 0 Å². The van der Waals surface area contributed by atoms with Gasteiger partial charge in [0.15, 0.2) is 11.5 Å². The molecule has 0 aliphatic heterocycles. The van der Waals surface area contributed by atoms with Crippen molar-refractivity contribution in [1.29, 1.82) is 0 Å². The number of aromatic nitrogens is 2. The molecule has 1 amide bonds. The average Bonchev–Trinajstić information content (AvgIpc) is 3.06. The van der Waals surface area contributed by atoms with Crippen molar-refractivity contribution in [3.8, 4) is 17.2 Å². The van der Waals surface area contributed by atoms with E-state index in [0.717, 1.165) is 4.70 Å². The standard InChI is InChI=1S/C16H16N4O4S/c1-22-10-4-9(12(17)15(24-3)14(10)23-2)20-16(21)8-6-25-11-5-18-7-19-13(8)11/h4-7H,17H2,1-3H3,(H,20,21). The number of nitrogens with zero attached hydrogens (tertiary/aromatic N) is 2. The number of hydrogen-bond acceptors (Lipinski definition) is 8. The molecule has 0 saturated carbocycles. The molecule has 0 aliphatic carbocycles. The summed E-state index contributed by atoms with van der Waals surface area (Å²) in [6.07, 6.45) is 3.07. The first-order chi connectivity index (χ1) is 12.1. The molecule has 0 bridgehead atoms. The van der Waals surface area contributed by atoms with Gasteiger partial charge in [0.25, 0.3) is 5.91 Å². The van der Waals surface area contributed by atoms with Crippen LogP contribution in [-0.2, 0) is 0 Å². The number of nitrogens with two attached hydrogens (primary N) is 1. The van der Waals surface area contributed by atoms with Gasteiger partial charge in [-0.2, -0.15) is 0 Å². The summed E-state index contributed by atoms with van der Waals surface area (Å²) in [5, 5.41) is 4.50. The van der Waals surface area contributed by atoms with E-state index in [0.29, 0.717) is 28.3 Å². The second-order valence-corrected chi connectivity index (χ2v) is 5.86. The molecule has 9 heteroatoms. The number of carbonyl (C=O) groups is 1. The molecule has 0 aliphatic rings. The Kier molecular flexibility index (Phi) is 4.57. The third kappa shape index (κ3) is 2.89.